The number of fused-ring (bicyclic) bond motifs is 1. The molecule has 0 saturated carbocycles. The number of hydrogen-bond donors (Lipinski definition) is 1. The Kier molecular flexibility index (Phi) is 8.12. The fourth-order valence-corrected chi connectivity index (χ4v) is 5.75. The van der Waals surface area contributed by atoms with Gasteiger partial charge in [-0.1, -0.05) is 60.6 Å². The third-order valence-electron chi connectivity index (χ3n) is 7.76. The second kappa shape index (κ2) is 11.5. The number of amides is 1. The van der Waals surface area contributed by atoms with E-state index >= 15 is 4.39 Å². The molecular formula is C30H32Cl2FN5O. The maximum Gasteiger partial charge on any atom is 0.237 e. The Morgan fingerprint density at radius 3 is 2.56 bits per heavy atom. The van der Waals surface area contributed by atoms with Crippen molar-refractivity contribution in [3.05, 3.63) is 88.6 Å². The smallest absolute Gasteiger partial charge is 0.237 e. The summed E-state index contributed by atoms with van der Waals surface area (Å²) in [6.07, 6.45) is 1.83. The first kappa shape index (κ1) is 27.4. The van der Waals surface area contributed by atoms with Crippen LogP contribution in [0.4, 0.5) is 4.39 Å². The molecule has 204 valence electrons. The predicted molar refractivity (Wildman–Crippen MR) is 158 cm³/mol. The molecule has 0 aromatic heterocycles. The number of rotatable bonds is 6. The van der Waals surface area contributed by atoms with Gasteiger partial charge < -0.3 is 20.0 Å². The normalized spacial score (nSPS) is 20.7. The molecule has 39 heavy (non-hydrogen) atoms. The number of carbonyl (C=O) groups is 1. The van der Waals surface area contributed by atoms with Crippen molar-refractivity contribution < 1.29 is 9.18 Å². The number of nitrogens with zero attached hydrogens (tertiary/aromatic N) is 4. The van der Waals surface area contributed by atoms with Crippen LogP contribution in [0, 0.1) is 0 Å². The maximum absolute atomic E-state index is 16.7. The van der Waals surface area contributed by atoms with Gasteiger partial charge in [0, 0.05) is 63.2 Å². The van der Waals surface area contributed by atoms with E-state index in [4.69, 9.17) is 28.2 Å². The van der Waals surface area contributed by atoms with Gasteiger partial charge in [-0.05, 0) is 29.3 Å². The van der Waals surface area contributed by atoms with E-state index in [2.05, 4.69) is 16.8 Å². The summed E-state index contributed by atoms with van der Waals surface area (Å²) in [5, 5.41) is 5.61. The number of halogens is 3. The second-order valence-corrected chi connectivity index (χ2v) is 10.7. The van der Waals surface area contributed by atoms with Crippen LogP contribution >= 0.6 is 23.2 Å². The van der Waals surface area contributed by atoms with Gasteiger partial charge in [-0.2, -0.15) is 0 Å². The molecule has 0 atom stereocenters. The largest absolute Gasteiger partial charge is 0.372 e. The molecule has 2 aromatic carbocycles. The molecule has 9 heteroatoms. The number of nitrogens with one attached hydrogen (secondary N) is 1. The number of piperazine rings is 1. The van der Waals surface area contributed by atoms with Crippen LogP contribution in [0.15, 0.2) is 88.1 Å². The highest BCUT2D eigenvalue weighted by molar-refractivity contribution is 6.41. The van der Waals surface area contributed by atoms with Crippen LogP contribution in [0.2, 0.25) is 0 Å². The first-order valence-corrected chi connectivity index (χ1v) is 14.0. The lowest BCUT2D eigenvalue weighted by Gasteiger charge is -2.45. The van der Waals surface area contributed by atoms with Crippen molar-refractivity contribution >= 4 is 51.2 Å². The monoisotopic (exact) mass is 567 g/mol. The standard InChI is InChI=1S/C30H32Cl2FN5O/c1-19(37-13-11-34-12-14-37)25-15-26(32)28(24-10-6-8-21-7-4-5-9-23(21)24)29(33)30(25)35-20(2)38-17-22(18-38)36(3)27(39)16-31/h4-10,15,22,34H,2,11-14,16-18H2,1,3H3/b25-19+,35-30+. The van der Waals surface area contributed by atoms with E-state index in [0.717, 1.165) is 42.6 Å². The molecule has 2 aromatic rings. The Balaban J connectivity index is 1.56. The van der Waals surface area contributed by atoms with Crippen LogP contribution in [0.3, 0.4) is 0 Å². The van der Waals surface area contributed by atoms with Crippen LogP contribution in [0.25, 0.3) is 16.3 Å². The Morgan fingerprint density at radius 1 is 1.15 bits per heavy atom. The molecule has 3 aliphatic rings. The number of carbonyl (C=O) groups excluding carboxylic acids is 1. The third-order valence-corrected chi connectivity index (χ3v) is 8.28. The van der Waals surface area contributed by atoms with Gasteiger partial charge in [0.1, 0.15) is 17.4 Å². The van der Waals surface area contributed by atoms with Crippen molar-refractivity contribution in [2.24, 2.45) is 4.99 Å². The van der Waals surface area contributed by atoms with Crippen molar-refractivity contribution in [3.8, 4) is 0 Å². The molecule has 2 aliphatic heterocycles. The molecular weight excluding hydrogens is 536 g/mol. The van der Waals surface area contributed by atoms with E-state index in [9.17, 15) is 4.79 Å². The molecule has 1 amide bonds. The molecule has 0 spiro atoms. The first-order valence-electron chi connectivity index (χ1n) is 13.1. The van der Waals surface area contributed by atoms with Crippen LogP contribution in [0.5, 0.6) is 0 Å². The van der Waals surface area contributed by atoms with Gasteiger partial charge in [-0.25, -0.2) is 9.38 Å². The maximum atomic E-state index is 16.7. The van der Waals surface area contributed by atoms with Gasteiger partial charge in [-0.3, -0.25) is 4.79 Å². The molecule has 6 nitrogen and oxygen atoms in total. The lowest BCUT2D eigenvalue weighted by Crippen LogP contribution is -2.59. The number of alkyl halides is 1. The highest BCUT2D eigenvalue weighted by atomic mass is 35.5. The summed E-state index contributed by atoms with van der Waals surface area (Å²) in [5.74, 6) is -0.222. The van der Waals surface area contributed by atoms with E-state index in [1.54, 1.807) is 11.9 Å². The van der Waals surface area contributed by atoms with Crippen molar-refractivity contribution in [1.29, 1.82) is 0 Å². The van der Waals surface area contributed by atoms with E-state index in [1.165, 1.54) is 0 Å². The Hall–Kier alpha value is -3.13. The summed E-state index contributed by atoms with van der Waals surface area (Å²) in [4.78, 5) is 22.6. The second-order valence-electron chi connectivity index (χ2n) is 10.0. The summed E-state index contributed by atoms with van der Waals surface area (Å²) < 4.78 is 16.7. The zero-order valence-corrected chi connectivity index (χ0v) is 23.7. The number of likely N-dealkylation sites (N-methyl/N-ethyl adjacent to an activating group) is 1. The number of benzene rings is 2. The minimum atomic E-state index is -0.476. The Labute approximate surface area is 238 Å². The topological polar surface area (TPSA) is 51.2 Å². The van der Waals surface area contributed by atoms with Crippen LogP contribution < -0.4 is 5.32 Å². The molecule has 1 N–H and O–H groups in total. The lowest BCUT2D eigenvalue weighted by atomic mass is 9.90. The van der Waals surface area contributed by atoms with Crippen molar-refractivity contribution in [3.63, 3.8) is 0 Å². The fourth-order valence-electron chi connectivity index (χ4n) is 5.26. The Bertz CT molecular complexity index is 1430. The molecule has 2 saturated heterocycles. The molecule has 5 rings (SSSR count). The minimum Gasteiger partial charge on any atom is -0.372 e. The van der Waals surface area contributed by atoms with Crippen LogP contribution in [-0.4, -0.2) is 84.6 Å². The molecule has 2 fully saturated rings. The lowest BCUT2D eigenvalue weighted by molar-refractivity contribution is -0.131. The fraction of sp³-hybridized carbons (Fsp3) is 0.333. The minimum absolute atomic E-state index is 0.0122. The summed E-state index contributed by atoms with van der Waals surface area (Å²) in [6.45, 7) is 10.6. The number of allylic oxidation sites excluding steroid dienone is 6. The van der Waals surface area contributed by atoms with E-state index in [-0.39, 0.29) is 23.5 Å². The van der Waals surface area contributed by atoms with Crippen molar-refractivity contribution in [1.82, 2.24) is 20.0 Å². The average molecular weight is 569 g/mol. The van der Waals surface area contributed by atoms with Gasteiger partial charge in [0.25, 0.3) is 0 Å². The van der Waals surface area contributed by atoms with Crippen molar-refractivity contribution in [2.75, 3.05) is 52.2 Å². The van der Waals surface area contributed by atoms with Crippen LogP contribution in [-0.2, 0) is 4.79 Å². The SMILES string of the molecule is C=C(/N=C1/C(F)=C(c2cccc3ccccc23)C(Cl)=C/C1=C(/C)N1CCNCC1)N1CC(N(C)C(=O)CCl)C1. The van der Waals surface area contributed by atoms with E-state index in [1.807, 2.05) is 60.4 Å². The molecule has 0 radical (unpaired) electrons. The highest BCUT2D eigenvalue weighted by Crippen LogP contribution is 2.41. The zero-order chi connectivity index (χ0) is 27.7. The summed E-state index contributed by atoms with van der Waals surface area (Å²) in [7, 11) is 1.74. The van der Waals surface area contributed by atoms with Gasteiger partial charge in [-0.15, -0.1) is 11.6 Å². The van der Waals surface area contributed by atoms with Gasteiger partial charge >= 0.3 is 0 Å². The molecule has 0 unspecified atom stereocenters. The van der Waals surface area contributed by atoms with Crippen molar-refractivity contribution in [2.45, 2.75) is 13.0 Å². The van der Waals surface area contributed by atoms with Gasteiger partial charge in [0.05, 0.1) is 11.1 Å². The molecule has 1 aliphatic carbocycles. The molecule has 2 heterocycles. The summed E-state index contributed by atoms with van der Waals surface area (Å²) in [5.41, 5.74) is 2.83. The predicted octanol–water partition coefficient (Wildman–Crippen LogP) is 5.13. The van der Waals surface area contributed by atoms with Crippen LogP contribution in [0.1, 0.15) is 12.5 Å². The zero-order valence-electron chi connectivity index (χ0n) is 22.2. The quantitative estimate of drug-likeness (QED) is 0.492. The van der Waals surface area contributed by atoms with Gasteiger partial charge in [0.2, 0.25) is 5.91 Å². The Morgan fingerprint density at radius 2 is 1.85 bits per heavy atom. The molecule has 0 bridgehead atoms. The third kappa shape index (κ3) is 5.36. The van der Waals surface area contributed by atoms with E-state index in [0.29, 0.717) is 40.7 Å². The highest BCUT2D eigenvalue weighted by Gasteiger charge is 2.34. The van der Waals surface area contributed by atoms with Gasteiger partial charge in [0.15, 0.2) is 5.83 Å². The number of aliphatic imine (C=N–C) groups is 1. The summed E-state index contributed by atoms with van der Waals surface area (Å²) in [6, 6.07) is 13.7. The first-order chi connectivity index (χ1) is 18.8. The number of hydrogen-bond acceptors (Lipinski definition) is 5. The van der Waals surface area contributed by atoms with E-state index < -0.39 is 5.83 Å². The average Bonchev–Trinajstić information content (AvgIpc) is 2.93. The number of likely N-dealkylation sites (tertiary alicyclic amines) is 1. The summed E-state index contributed by atoms with van der Waals surface area (Å²) >= 11 is 12.6.